The molecule has 3 heterocycles. The molecule has 160 valence electrons. The quantitative estimate of drug-likeness (QED) is 0.641. The third kappa shape index (κ3) is 5.03. The Bertz CT molecular complexity index is 1070. The van der Waals surface area contributed by atoms with Gasteiger partial charge in [-0.05, 0) is 48.2 Å². The average molecular weight is 454 g/mol. The number of amides is 3. The zero-order valence-corrected chi connectivity index (χ0v) is 18.8. The number of carbonyl (C=O) groups excluding carboxylic acids is 3. The van der Waals surface area contributed by atoms with Gasteiger partial charge < -0.3 is 15.1 Å². The van der Waals surface area contributed by atoms with E-state index in [1.54, 1.807) is 23.1 Å². The number of piperazine rings is 1. The SMILES string of the molecule is Cc1ccc(C(=O)N2CCN(C(=O)c3ccc(CNC(=O)c4cccs4)cc3)CC2)s1. The number of hydrogen-bond donors (Lipinski definition) is 1. The molecule has 0 spiro atoms. The van der Waals surface area contributed by atoms with Crippen LogP contribution in [0.1, 0.15) is 40.1 Å². The van der Waals surface area contributed by atoms with E-state index in [0.29, 0.717) is 43.2 Å². The molecule has 6 nitrogen and oxygen atoms in total. The van der Waals surface area contributed by atoms with Gasteiger partial charge in [0.05, 0.1) is 9.75 Å². The van der Waals surface area contributed by atoms with Crippen LogP contribution in [0.2, 0.25) is 0 Å². The number of rotatable bonds is 5. The molecule has 2 aromatic heterocycles. The van der Waals surface area contributed by atoms with Crippen molar-refractivity contribution in [3.63, 3.8) is 0 Å². The molecule has 0 radical (unpaired) electrons. The lowest BCUT2D eigenvalue weighted by atomic mass is 10.1. The first kappa shape index (κ1) is 21.3. The molecule has 1 fully saturated rings. The van der Waals surface area contributed by atoms with Crippen molar-refractivity contribution in [2.45, 2.75) is 13.5 Å². The standard InChI is InChI=1S/C23H23N3O3S2/c1-16-4-9-20(31-16)23(29)26-12-10-25(11-13-26)22(28)18-7-5-17(6-8-18)15-24-21(27)19-3-2-14-30-19/h2-9,14H,10-13,15H2,1H3,(H,24,27). The lowest BCUT2D eigenvalue weighted by molar-refractivity contribution is 0.0538. The minimum absolute atomic E-state index is 0.0340. The molecule has 1 saturated heterocycles. The van der Waals surface area contributed by atoms with Crippen LogP contribution in [0.15, 0.2) is 53.9 Å². The van der Waals surface area contributed by atoms with Crippen LogP contribution < -0.4 is 5.32 Å². The van der Waals surface area contributed by atoms with E-state index in [4.69, 9.17) is 0 Å². The first-order valence-electron chi connectivity index (χ1n) is 10.1. The highest BCUT2D eigenvalue weighted by molar-refractivity contribution is 7.14. The highest BCUT2D eigenvalue weighted by Gasteiger charge is 2.26. The minimum atomic E-state index is -0.0970. The Labute approximate surface area is 189 Å². The third-order valence-corrected chi connectivity index (χ3v) is 7.06. The first-order chi connectivity index (χ1) is 15.0. The van der Waals surface area contributed by atoms with Crippen molar-refractivity contribution in [1.29, 1.82) is 0 Å². The summed E-state index contributed by atoms with van der Waals surface area (Å²) in [5.41, 5.74) is 1.55. The van der Waals surface area contributed by atoms with Crippen LogP contribution in [-0.4, -0.2) is 53.7 Å². The zero-order chi connectivity index (χ0) is 21.8. The number of thiophene rings is 2. The highest BCUT2D eigenvalue weighted by atomic mass is 32.1. The molecule has 1 aromatic carbocycles. The summed E-state index contributed by atoms with van der Waals surface area (Å²) in [6.45, 7) is 4.51. The Morgan fingerprint density at radius 2 is 1.55 bits per heavy atom. The lowest BCUT2D eigenvalue weighted by Crippen LogP contribution is -2.50. The Morgan fingerprint density at radius 3 is 2.13 bits per heavy atom. The number of hydrogen-bond acceptors (Lipinski definition) is 5. The largest absolute Gasteiger partial charge is 0.347 e. The van der Waals surface area contributed by atoms with Gasteiger partial charge in [0.25, 0.3) is 17.7 Å². The molecular formula is C23H23N3O3S2. The summed E-state index contributed by atoms with van der Waals surface area (Å²) in [4.78, 5) is 43.6. The second-order valence-corrected chi connectivity index (χ2v) is 9.59. The van der Waals surface area contributed by atoms with Gasteiger partial charge in [-0.15, -0.1) is 22.7 Å². The molecule has 0 bridgehead atoms. The van der Waals surface area contributed by atoms with Crippen LogP contribution in [-0.2, 0) is 6.54 Å². The van der Waals surface area contributed by atoms with Gasteiger partial charge in [-0.1, -0.05) is 18.2 Å². The van der Waals surface area contributed by atoms with Gasteiger partial charge in [0.1, 0.15) is 0 Å². The Balaban J connectivity index is 1.28. The second kappa shape index (κ2) is 9.45. The van der Waals surface area contributed by atoms with E-state index < -0.39 is 0 Å². The molecule has 31 heavy (non-hydrogen) atoms. The number of carbonyl (C=O) groups is 3. The van der Waals surface area contributed by atoms with Crippen molar-refractivity contribution in [3.8, 4) is 0 Å². The van der Waals surface area contributed by atoms with E-state index in [1.165, 1.54) is 22.7 Å². The maximum Gasteiger partial charge on any atom is 0.264 e. The molecule has 1 aliphatic heterocycles. The normalized spacial score (nSPS) is 13.8. The molecule has 0 atom stereocenters. The molecule has 3 amide bonds. The van der Waals surface area contributed by atoms with Gasteiger partial charge in [-0.2, -0.15) is 0 Å². The minimum Gasteiger partial charge on any atom is -0.347 e. The summed E-state index contributed by atoms with van der Waals surface area (Å²) in [5.74, 6) is -0.0901. The van der Waals surface area contributed by atoms with Crippen molar-refractivity contribution in [2.24, 2.45) is 0 Å². The van der Waals surface area contributed by atoms with Crippen LogP contribution >= 0.6 is 22.7 Å². The van der Waals surface area contributed by atoms with Crippen LogP contribution in [0.3, 0.4) is 0 Å². The Kier molecular flexibility index (Phi) is 6.48. The van der Waals surface area contributed by atoms with E-state index in [-0.39, 0.29) is 17.7 Å². The number of nitrogens with one attached hydrogen (secondary N) is 1. The van der Waals surface area contributed by atoms with E-state index in [9.17, 15) is 14.4 Å². The average Bonchev–Trinajstić information content (AvgIpc) is 3.49. The summed E-state index contributed by atoms with van der Waals surface area (Å²) < 4.78 is 0. The fraction of sp³-hybridized carbons (Fsp3) is 0.261. The van der Waals surface area contributed by atoms with Crippen LogP contribution in [0.5, 0.6) is 0 Å². The molecule has 0 aliphatic carbocycles. The van der Waals surface area contributed by atoms with E-state index >= 15 is 0 Å². The van der Waals surface area contributed by atoms with Crippen molar-refractivity contribution >= 4 is 40.4 Å². The molecule has 1 aliphatic rings. The monoisotopic (exact) mass is 453 g/mol. The van der Waals surface area contributed by atoms with E-state index in [0.717, 1.165) is 15.3 Å². The van der Waals surface area contributed by atoms with Gasteiger partial charge in [-0.25, -0.2) is 0 Å². The fourth-order valence-corrected chi connectivity index (χ4v) is 4.92. The summed E-state index contributed by atoms with van der Waals surface area (Å²) in [5, 5.41) is 4.75. The zero-order valence-electron chi connectivity index (χ0n) is 17.2. The lowest BCUT2D eigenvalue weighted by Gasteiger charge is -2.34. The maximum atomic E-state index is 12.8. The van der Waals surface area contributed by atoms with E-state index in [2.05, 4.69) is 5.32 Å². The molecule has 0 unspecified atom stereocenters. The maximum absolute atomic E-state index is 12.8. The van der Waals surface area contributed by atoms with Gasteiger partial charge in [0, 0.05) is 43.2 Å². The molecule has 4 rings (SSSR count). The molecular weight excluding hydrogens is 430 g/mol. The smallest absolute Gasteiger partial charge is 0.264 e. The number of nitrogens with zero attached hydrogens (tertiary/aromatic N) is 2. The first-order valence-corrected chi connectivity index (χ1v) is 11.8. The Morgan fingerprint density at radius 1 is 0.871 bits per heavy atom. The highest BCUT2D eigenvalue weighted by Crippen LogP contribution is 2.19. The van der Waals surface area contributed by atoms with E-state index in [1.807, 2.05) is 47.5 Å². The predicted octanol–water partition coefficient (Wildman–Crippen LogP) is 3.65. The number of benzene rings is 1. The second-order valence-electron chi connectivity index (χ2n) is 7.35. The molecule has 0 saturated carbocycles. The molecule has 3 aromatic rings. The molecule has 1 N–H and O–H groups in total. The van der Waals surface area contributed by atoms with Gasteiger partial charge in [-0.3, -0.25) is 14.4 Å². The van der Waals surface area contributed by atoms with Crippen molar-refractivity contribution in [3.05, 3.63) is 79.7 Å². The van der Waals surface area contributed by atoms with Crippen LogP contribution in [0.25, 0.3) is 0 Å². The summed E-state index contributed by atoms with van der Waals surface area (Å²) >= 11 is 2.91. The summed E-state index contributed by atoms with van der Waals surface area (Å²) in [6, 6.07) is 14.8. The van der Waals surface area contributed by atoms with Crippen LogP contribution in [0, 0.1) is 6.92 Å². The van der Waals surface area contributed by atoms with Gasteiger partial charge in [0.2, 0.25) is 0 Å². The summed E-state index contributed by atoms with van der Waals surface area (Å²) in [6.07, 6.45) is 0. The fourth-order valence-electron chi connectivity index (χ4n) is 3.44. The molecule has 8 heteroatoms. The Hall–Kier alpha value is -2.97. The number of aryl methyl sites for hydroxylation is 1. The third-order valence-electron chi connectivity index (χ3n) is 5.20. The van der Waals surface area contributed by atoms with Crippen molar-refractivity contribution in [1.82, 2.24) is 15.1 Å². The summed E-state index contributed by atoms with van der Waals surface area (Å²) in [7, 11) is 0. The predicted molar refractivity (Wildman–Crippen MR) is 123 cm³/mol. The van der Waals surface area contributed by atoms with Gasteiger partial charge in [0.15, 0.2) is 0 Å². The van der Waals surface area contributed by atoms with Crippen molar-refractivity contribution < 1.29 is 14.4 Å². The van der Waals surface area contributed by atoms with Gasteiger partial charge >= 0.3 is 0 Å². The van der Waals surface area contributed by atoms with Crippen LogP contribution in [0.4, 0.5) is 0 Å². The van der Waals surface area contributed by atoms with Crippen molar-refractivity contribution in [2.75, 3.05) is 26.2 Å². The topological polar surface area (TPSA) is 69.7 Å².